The van der Waals surface area contributed by atoms with Crippen molar-refractivity contribution in [3.05, 3.63) is 58.5 Å². The fraction of sp³-hybridized carbons (Fsp3) is 0.435. The molecule has 0 saturated carbocycles. The first-order valence-electron chi connectivity index (χ1n) is 10.1. The summed E-state index contributed by atoms with van der Waals surface area (Å²) in [4.78, 5) is 4.47. The second-order valence-corrected chi connectivity index (χ2v) is 9.92. The molecule has 0 amide bonds. The second-order valence-electron chi connectivity index (χ2n) is 8.02. The molecule has 0 aliphatic carbocycles. The standard InChI is InChI=1S/C23H33N2O4P/c1-14(2)28-30(27,29-15(3)4)22(20-11-16(5)23(26)17(6)12-20)13-24-21-10-9-18(7)25-19(21)8/h9-15,24,26H,1-8H3/b22-13-. The molecule has 1 aromatic carbocycles. The van der Waals surface area contributed by atoms with Gasteiger partial charge in [-0.25, -0.2) is 0 Å². The lowest BCUT2D eigenvalue weighted by Crippen LogP contribution is -2.10. The van der Waals surface area contributed by atoms with Crippen LogP contribution in [0.1, 0.15) is 55.8 Å². The molecule has 30 heavy (non-hydrogen) atoms. The number of nitrogens with one attached hydrogen (secondary N) is 1. The summed E-state index contributed by atoms with van der Waals surface area (Å²) in [6.45, 7) is 14.7. The monoisotopic (exact) mass is 432 g/mol. The summed E-state index contributed by atoms with van der Waals surface area (Å²) in [5.74, 6) is 0.217. The molecular formula is C23H33N2O4P. The number of nitrogens with zero attached hydrogens (tertiary/aromatic N) is 1. The van der Waals surface area contributed by atoms with Crippen molar-refractivity contribution in [1.29, 1.82) is 0 Å². The van der Waals surface area contributed by atoms with Gasteiger partial charge in [0.2, 0.25) is 0 Å². The van der Waals surface area contributed by atoms with Gasteiger partial charge in [-0.3, -0.25) is 9.55 Å². The van der Waals surface area contributed by atoms with Gasteiger partial charge in [-0.2, -0.15) is 0 Å². The Balaban J connectivity index is 2.65. The molecular weight excluding hydrogens is 399 g/mol. The molecule has 0 spiro atoms. The van der Waals surface area contributed by atoms with Crippen LogP contribution in [-0.2, 0) is 13.6 Å². The van der Waals surface area contributed by atoms with Crippen LogP contribution in [0.25, 0.3) is 5.31 Å². The van der Waals surface area contributed by atoms with Gasteiger partial charge < -0.3 is 19.5 Å². The van der Waals surface area contributed by atoms with Crippen LogP contribution in [0.5, 0.6) is 5.75 Å². The van der Waals surface area contributed by atoms with E-state index in [2.05, 4.69) is 10.3 Å². The number of anilines is 1. The van der Waals surface area contributed by atoms with Gasteiger partial charge in [0, 0.05) is 11.9 Å². The van der Waals surface area contributed by atoms with E-state index in [9.17, 15) is 9.67 Å². The molecule has 1 aromatic heterocycles. The number of hydrogen-bond acceptors (Lipinski definition) is 6. The topological polar surface area (TPSA) is 80.7 Å². The molecule has 0 aliphatic heterocycles. The van der Waals surface area contributed by atoms with Gasteiger partial charge in [-0.1, -0.05) is 0 Å². The summed E-state index contributed by atoms with van der Waals surface area (Å²) >= 11 is 0. The van der Waals surface area contributed by atoms with Gasteiger partial charge in [0.15, 0.2) is 0 Å². The van der Waals surface area contributed by atoms with Crippen molar-refractivity contribution in [1.82, 2.24) is 4.98 Å². The summed E-state index contributed by atoms with van der Waals surface area (Å²) in [6.07, 6.45) is 1.05. The molecule has 1 heterocycles. The normalized spacial score (nSPS) is 12.7. The number of pyridine rings is 1. The Morgan fingerprint density at radius 2 is 1.57 bits per heavy atom. The van der Waals surface area contributed by atoms with E-state index in [4.69, 9.17) is 9.05 Å². The number of phenolic OH excluding ortho intramolecular Hbond substituents is 1. The van der Waals surface area contributed by atoms with E-state index in [0.29, 0.717) is 22.0 Å². The van der Waals surface area contributed by atoms with Crippen LogP contribution >= 0.6 is 7.60 Å². The molecule has 0 atom stereocenters. The van der Waals surface area contributed by atoms with E-state index in [1.54, 1.807) is 18.3 Å². The third kappa shape index (κ3) is 5.94. The molecule has 2 rings (SSSR count). The van der Waals surface area contributed by atoms with Crippen LogP contribution in [0.3, 0.4) is 0 Å². The van der Waals surface area contributed by atoms with Crippen LogP contribution < -0.4 is 5.32 Å². The van der Waals surface area contributed by atoms with E-state index < -0.39 is 7.60 Å². The summed E-state index contributed by atoms with van der Waals surface area (Å²) in [5, 5.41) is 13.8. The molecule has 164 valence electrons. The Labute approximate surface area is 179 Å². The van der Waals surface area contributed by atoms with Crippen molar-refractivity contribution in [3.63, 3.8) is 0 Å². The highest BCUT2D eigenvalue weighted by Crippen LogP contribution is 2.62. The van der Waals surface area contributed by atoms with Gasteiger partial charge in [-0.05, 0) is 96.3 Å². The van der Waals surface area contributed by atoms with E-state index in [1.165, 1.54) is 0 Å². The van der Waals surface area contributed by atoms with Crippen LogP contribution in [0.4, 0.5) is 5.69 Å². The number of aromatic hydroxyl groups is 1. The number of hydrogen-bond donors (Lipinski definition) is 2. The van der Waals surface area contributed by atoms with Crippen molar-refractivity contribution >= 4 is 18.6 Å². The minimum atomic E-state index is -3.68. The van der Waals surface area contributed by atoms with Crippen molar-refractivity contribution in [3.8, 4) is 5.75 Å². The third-order valence-corrected chi connectivity index (χ3v) is 6.75. The minimum Gasteiger partial charge on any atom is -0.507 e. The maximum absolute atomic E-state index is 14.0. The first-order valence-corrected chi connectivity index (χ1v) is 11.7. The Bertz CT molecular complexity index is 946. The highest BCUT2D eigenvalue weighted by Gasteiger charge is 2.34. The molecule has 2 aromatic rings. The molecule has 7 heteroatoms. The van der Waals surface area contributed by atoms with Crippen molar-refractivity contribution in [2.75, 3.05) is 5.32 Å². The van der Waals surface area contributed by atoms with Gasteiger partial charge in [0.1, 0.15) is 5.75 Å². The average Bonchev–Trinajstić information content (AvgIpc) is 2.59. The number of aromatic nitrogens is 1. The van der Waals surface area contributed by atoms with Gasteiger partial charge >= 0.3 is 7.60 Å². The van der Waals surface area contributed by atoms with Crippen molar-refractivity contribution in [2.45, 2.75) is 67.6 Å². The van der Waals surface area contributed by atoms with Gasteiger partial charge in [-0.15, -0.1) is 0 Å². The van der Waals surface area contributed by atoms with Crippen molar-refractivity contribution < 1.29 is 18.7 Å². The van der Waals surface area contributed by atoms with E-state index in [1.807, 2.05) is 67.5 Å². The number of benzene rings is 1. The Morgan fingerprint density at radius 1 is 1.03 bits per heavy atom. The Morgan fingerprint density at radius 3 is 2.03 bits per heavy atom. The van der Waals surface area contributed by atoms with E-state index in [0.717, 1.165) is 17.1 Å². The lowest BCUT2D eigenvalue weighted by molar-refractivity contribution is 0.151. The maximum atomic E-state index is 14.0. The Kier molecular flexibility index (Phi) is 7.87. The molecule has 0 radical (unpaired) electrons. The molecule has 0 bridgehead atoms. The predicted octanol–water partition coefficient (Wildman–Crippen LogP) is 6.47. The van der Waals surface area contributed by atoms with Gasteiger partial charge in [0.05, 0.1) is 28.9 Å². The smallest absolute Gasteiger partial charge is 0.363 e. The van der Waals surface area contributed by atoms with Crippen LogP contribution in [0.2, 0.25) is 0 Å². The lowest BCUT2D eigenvalue weighted by atomic mass is 10.1. The number of aryl methyl sites for hydroxylation is 4. The van der Waals surface area contributed by atoms with Crippen molar-refractivity contribution in [2.24, 2.45) is 0 Å². The van der Waals surface area contributed by atoms with E-state index >= 15 is 0 Å². The molecule has 0 unspecified atom stereocenters. The second kappa shape index (κ2) is 9.78. The largest absolute Gasteiger partial charge is 0.507 e. The third-order valence-electron chi connectivity index (χ3n) is 4.37. The molecule has 6 nitrogen and oxygen atoms in total. The SMILES string of the molecule is Cc1ccc(N/C=C(/c2cc(C)c(O)c(C)c2)P(=O)(OC(C)C)OC(C)C)c(C)n1. The van der Waals surface area contributed by atoms with Crippen LogP contribution in [0, 0.1) is 27.7 Å². The zero-order valence-electron chi connectivity index (χ0n) is 19.1. The van der Waals surface area contributed by atoms with Crippen LogP contribution in [0.15, 0.2) is 30.5 Å². The molecule has 0 saturated heterocycles. The fourth-order valence-corrected chi connectivity index (χ4v) is 5.16. The average molecular weight is 433 g/mol. The maximum Gasteiger partial charge on any atom is 0.363 e. The quantitative estimate of drug-likeness (QED) is 0.465. The molecule has 2 N–H and O–H groups in total. The minimum absolute atomic E-state index is 0.217. The highest BCUT2D eigenvalue weighted by molar-refractivity contribution is 7.65. The number of phenols is 1. The predicted molar refractivity (Wildman–Crippen MR) is 123 cm³/mol. The molecule has 0 aliphatic rings. The zero-order valence-corrected chi connectivity index (χ0v) is 20.0. The van der Waals surface area contributed by atoms with Crippen LogP contribution in [-0.4, -0.2) is 22.3 Å². The number of rotatable bonds is 8. The van der Waals surface area contributed by atoms with E-state index in [-0.39, 0.29) is 18.0 Å². The first-order chi connectivity index (χ1) is 13.9. The first kappa shape index (κ1) is 24.1. The summed E-state index contributed by atoms with van der Waals surface area (Å²) in [7, 11) is -3.68. The van der Waals surface area contributed by atoms with Gasteiger partial charge in [0.25, 0.3) is 0 Å². The summed E-state index contributed by atoms with van der Waals surface area (Å²) in [5.41, 5.74) is 4.58. The molecule has 0 fully saturated rings. The Hall–Kier alpha value is -2.14. The highest BCUT2D eigenvalue weighted by atomic mass is 31.2. The lowest BCUT2D eigenvalue weighted by Gasteiger charge is -2.26. The summed E-state index contributed by atoms with van der Waals surface area (Å²) in [6, 6.07) is 7.41. The zero-order chi connectivity index (χ0) is 22.6. The fourth-order valence-electron chi connectivity index (χ4n) is 3.10. The summed E-state index contributed by atoms with van der Waals surface area (Å²) < 4.78 is 25.7.